The third kappa shape index (κ3) is 3.92. The van der Waals surface area contributed by atoms with Crippen LogP contribution in [0.1, 0.15) is 28.5 Å². The number of aliphatic imine (C=N–C) groups is 1. The monoisotopic (exact) mass is 409 g/mol. The lowest BCUT2D eigenvalue weighted by molar-refractivity contribution is 0.0987. The first-order valence-corrected chi connectivity index (χ1v) is 9.53. The van der Waals surface area contributed by atoms with Gasteiger partial charge >= 0.3 is 0 Å². The molecule has 2 aromatic heterocycles. The normalized spacial score (nSPS) is 18.5. The number of aromatic nitrogens is 5. The molecule has 1 aliphatic rings. The van der Waals surface area contributed by atoms with Crippen LogP contribution in [0.4, 0.5) is 4.39 Å². The summed E-state index contributed by atoms with van der Waals surface area (Å²) in [4.78, 5) is 25.3. The predicted octanol–water partition coefficient (Wildman–Crippen LogP) is 2.41. The number of thioether (sulfide) groups is 1. The number of benzene rings is 1. The first-order valence-electron chi connectivity index (χ1n) is 8.65. The predicted molar refractivity (Wildman–Crippen MR) is 107 cm³/mol. The van der Waals surface area contributed by atoms with Crippen molar-refractivity contribution in [3.05, 3.63) is 77.1 Å². The Kier molecular flexibility index (Phi) is 4.93. The van der Waals surface area contributed by atoms with E-state index in [9.17, 15) is 9.18 Å². The molecule has 0 aliphatic carbocycles. The van der Waals surface area contributed by atoms with E-state index in [0.717, 1.165) is 0 Å². The number of Topliss-reactive ketones (excluding diaryl/α,β-unsaturated/α-hetero) is 1. The summed E-state index contributed by atoms with van der Waals surface area (Å²) in [6.07, 6.45) is 7.81. The van der Waals surface area contributed by atoms with Crippen molar-refractivity contribution in [3.63, 3.8) is 0 Å². The molecule has 0 saturated heterocycles. The molecule has 3 heterocycles. The maximum atomic E-state index is 14.5. The zero-order valence-corrected chi connectivity index (χ0v) is 16.2. The minimum absolute atomic E-state index is 0.0539. The van der Waals surface area contributed by atoms with Crippen LogP contribution >= 0.6 is 11.8 Å². The van der Waals surface area contributed by atoms with E-state index in [1.165, 1.54) is 41.1 Å². The molecule has 29 heavy (non-hydrogen) atoms. The first kappa shape index (κ1) is 18.9. The molecular formula is C19H16FN7OS. The maximum absolute atomic E-state index is 14.5. The Labute approximate surface area is 169 Å². The molecule has 0 fully saturated rings. The SMILES string of the molecule is C[C@@]1(c2cc(CC(=O)c3cnc(-n4ccnn4)cn3)ccc2F)C=CSC(N)=N1. The van der Waals surface area contributed by atoms with Crippen molar-refractivity contribution in [3.8, 4) is 5.82 Å². The van der Waals surface area contributed by atoms with Crippen molar-refractivity contribution in [1.82, 2.24) is 25.0 Å². The number of nitrogens with two attached hydrogens (primary N) is 1. The molecule has 0 amide bonds. The zero-order chi connectivity index (χ0) is 20.4. The Morgan fingerprint density at radius 1 is 1.31 bits per heavy atom. The molecule has 146 valence electrons. The second-order valence-electron chi connectivity index (χ2n) is 6.54. The summed E-state index contributed by atoms with van der Waals surface area (Å²) in [5.74, 6) is -0.190. The van der Waals surface area contributed by atoms with Crippen molar-refractivity contribution in [2.24, 2.45) is 10.7 Å². The second-order valence-corrected chi connectivity index (χ2v) is 7.47. The molecule has 2 N–H and O–H groups in total. The van der Waals surface area contributed by atoms with Gasteiger partial charge in [-0.3, -0.25) is 4.79 Å². The minimum Gasteiger partial charge on any atom is -0.378 e. The molecule has 0 unspecified atom stereocenters. The Morgan fingerprint density at radius 3 is 2.86 bits per heavy atom. The largest absolute Gasteiger partial charge is 0.378 e. The van der Waals surface area contributed by atoms with E-state index < -0.39 is 11.4 Å². The third-order valence-electron chi connectivity index (χ3n) is 4.45. The molecule has 4 rings (SSSR count). The van der Waals surface area contributed by atoms with Crippen molar-refractivity contribution >= 4 is 22.7 Å². The fourth-order valence-corrected chi connectivity index (χ4v) is 3.65. The number of amidine groups is 1. The van der Waals surface area contributed by atoms with Gasteiger partial charge in [0.15, 0.2) is 16.8 Å². The van der Waals surface area contributed by atoms with E-state index >= 15 is 0 Å². The van der Waals surface area contributed by atoms with Gasteiger partial charge in [0.1, 0.15) is 17.1 Å². The topological polar surface area (TPSA) is 112 Å². The molecule has 1 aromatic carbocycles. The van der Waals surface area contributed by atoms with E-state index in [2.05, 4.69) is 25.3 Å². The van der Waals surface area contributed by atoms with Gasteiger partial charge in [-0.1, -0.05) is 23.0 Å². The standard InChI is InChI=1S/C19H16FN7OS/c1-19(4-7-29-18(21)25-19)13-8-12(2-3-14(13)20)9-16(28)15-10-23-17(11-22-15)27-6-5-24-26-27/h2-8,10-11H,9H2,1H3,(H2,21,25)/t19-/m0/s1. The molecule has 10 heteroatoms. The second kappa shape index (κ2) is 7.55. The lowest BCUT2D eigenvalue weighted by atomic mass is 9.90. The van der Waals surface area contributed by atoms with E-state index in [0.29, 0.717) is 22.1 Å². The van der Waals surface area contributed by atoms with Gasteiger partial charge in [-0.25, -0.2) is 24.0 Å². The van der Waals surface area contributed by atoms with Crippen LogP contribution in [0.5, 0.6) is 0 Å². The molecule has 0 bridgehead atoms. The Morgan fingerprint density at radius 2 is 2.17 bits per heavy atom. The van der Waals surface area contributed by atoms with Gasteiger partial charge in [0.05, 0.1) is 24.8 Å². The van der Waals surface area contributed by atoms with E-state index in [4.69, 9.17) is 5.73 Å². The molecule has 1 aliphatic heterocycles. The quantitative estimate of drug-likeness (QED) is 0.644. The third-order valence-corrected chi connectivity index (χ3v) is 5.05. The van der Waals surface area contributed by atoms with Gasteiger partial charge in [-0.2, -0.15) is 0 Å². The molecule has 0 saturated carbocycles. The van der Waals surface area contributed by atoms with Crippen LogP contribution in [0.3, 0.4) is 0 Å². The summed E-state index contributed by atoms with van der Waals surface area (Å²) >= 11 is 1.28. The number of carbonyl (C=O) groups excluding carboxylic acids is 1. The van der Waals surface area contributed by atoms with Gasteiger partial charge in [-0.15, -0.1) is 5.10 Å². The van der Waals surface area contributed by atoms with E-state index in [1.54, 1.807) is 36.7 Å². The van der Waals surface area contributed by atoms with Gasteiger partial charge in [0, 0.05) is 12.0 Å². The summed E-state index contributed by atoms with van der Waals surface area (Å²) in [5.41, 5.74) is 6.10. The molecule has 0 spiro atoms. The summed E-state index contributed by atoms with van der Waals surface area (Å²) in [7, 11) is 0. The molecule has 3 aromatic rings. The van der Waals surface area contributed by atoms with Crippen molar-refractivity contribution in [1.29, 1.82) is 0 Å². The summed E-state index contributed by atoms with van der Waals surface area (Å²) in [6.45, 7) is 1.77. The van der Waals surface area contributed by atoms with Crippen LogP contribution < -0.4 is 5.73 Å². The molecular weight excluding hydrogens is 393 g/mol. The van der Waals surface area contributed by atoms with E-state index in [1.807, 2.05) is 0 Å². The van der Waals surface area contributed by atoms with Crippen molar-refractivity contribution in [2.75, 3.05) is 0 Å². The summed E-state index contributed by atoms with van der Waals surface area (Å²) < 4.78 is 15.9. The molecule has 1 atom stereocenters. The van der Waals surface area contributed by atoms with Gasteiger partial charge in [0.2, 0.25) is 0 Å². The molecule has 8 nitrogen and oxygen atoms in total. The fraction of sp³-hybridized carbons (Fsp3) is 0.158. The number of rotatable bonds is 5. The number of ketones is 1. The lowest BCUT2D eigenvalue weighted by Crippen LogP contribution is -2.25. The first-order chi connectivity index (χ1) is 13.9. The Hall–Kier alpha value is -3.40. The highest BCUT2D eigenvalue weighted by atomic mass is 32.2. The van der Waals surface area contributed by atoms with E-state index in [-0.39, 0.29) is 17.9 Å². The van der Waals surface area contributed by atoms with Crippen LogP contribution in [0, 0.1) is 5.82 Å². The molecule has 0 radical (unpaired) electrons. The van der Waals surface area contributed by atoms with Crippen LogP contribution in [-0.2, 0) is 12.0 Å². The van der Waals surface area contributed by atoms with Crippen LogP contribution in [0.25, 0.3) is 5.82 Å². The maximum Gasteiger partial charge on any atom is 0.187 e. The number of hydrogen-bond donors (Lipinski definition) is 1. The number of carbonyl (C=O) groups is 1. The van der Waals surface area contributed by atoms with Gasteiger partial charge < -0.3 is 5.73 Å². The van der Waals surface area contributed by atoms with Crippen LogP contribution in [0.2, 0.25) is 0 Å². The van der Waals surface area contributed by atoms with Crippen molar-refractivity contribution in [2.45, 2.75) is 18.9 Å². The highest BCUT2D eigenvalue weighted by Crippen LogP contribution is 2.34. The van der Waals surface area contributed by atoms with Crippen molar-refractivity contribution < 1.29 is 9.18 Å². The average molecular weight is 409 g/mol. The number of hydrogen-bond acceptors (Lipinski definition) is 8. The zero-order valence-electron chi connectivity index (χ0n) is 15.4. The smallest absolute Gasteiger partial charge is 0.187 e. The number of nitrogens with zero attached hydrogens (tertiary/aromatic N) is 6. The van der Waals surface area contributed by atoms with Crippen LogP contribution in [0.15, 0.2) is 59.5 Å². The van der Waals surface area contributed by atoms with Gasteiger partial charge in [-0.05, 0) is 36.1 Å². The highest BCUT2D eigenvalue weighted by molar-refractivity contribution is 8.16. The summed E-state index contributed by atoms with van der Waals surface area (Å²) in [6, 6.07) is 4.55. The summed E-state index contributed by atoms with van der Waals surface area (Å²) in [5, 5.41) is 9.66. The average Bonchev–Trinajstić information content (AvgIpc) is 3.24. The highest BCUT2D eigenvalue weighted by Gasteiger charge is 2.29. The number of halogens is 1. The van der Waals surface area contributed by atoms with Gasteiger partial charge in [0.25, 0.3) is 0 Å². The van der Waals surface area contributed by atoms with Crippen LogP contribution in [-0.4, -0.2) is 35.9 Å². The minimum atomic E-state index is -0.919. The fourth-order valence-electron chi connectivity index (χ4n) is 2.94. The Bertz CT molecular complexity index is 1110. The lowest BCUT2D eigenvalue weighted by Gasteiger charge is -2.26. The Balaban J connectivity index is 1.56.